The van der Waals surface area contributed by atoms with Gasteiger partial charge in [-0.1, -0.05) is 0 Å². The molecule has 1 aromatic heterocycles. The van der Waals surface area contributed by atoms with Crippen molar-refractivity contribution >= 4 is 16.5 Å². The molecule has 0 atom stereocenters. The third-order valence-electron chi connectivity index (χ3n) is 2.60. The molecule has 0 fully saturated rings. The number of rotatable bonds is 5. The van der Waals surface area contributed by atoms with E-state index in [9.17, 15) is 0 Å². The van der Waals surface area contributed by atoms with Crippen molar-refractivity contribution in [1.82, 2.24) is 4.98 Å². The summed E-state index contributed by atoms with van der Waals surface area (Å²) in [4.78, 5) is 4.58. The molecule has 4 nitrogen and oxygen atoms in total. The second kappa shape index (κ2) is 5.93. The van der Waals surface area contributed by atoms with E-state index in [0.29, 0.717) is 6.04 Å². The second-order valence-corrected chi connectivity index (χ2v) is 5.26. The zero-order chi connectivity index (χ0) is 13.8. The van der Waals surface area contributed by atoms with Gasteiger partial charge in [0, 0.05) is 17.0 Å². The fraction of sp³-hybridized carbons (Fsp3) is 0.357. The van der Waals surface area contributed by atoms with Crippen LogP contribution in [-0.4, -0.2) is 25.2 Å². The minimum absolute atomic E-state index is 0.367. The molecular weight excluding hydrogens is 260 g/mol. The molecule has 0 aliphatic carbocycles. The van der Waals surface area contributed by atoms with Crippen LogP contribution in [0.3, 0.4) is 0 Å². The van der Waals surface area contributed by atoms with E-state index < -0.39 is 0 Å². The molecule has 1 N–H and O–H groups in total. The SMILES string of the molecule is COc1ccc(OC)c(-c2csc(NC(C)C)n2)c1. The van der Waals surface area contributed by atoms with E-state index in [-0.39, 0.29) is 0 Å². The summed E-state index contributed by atoms with van der Waals surface area (Å²) in [6.07, 6.45) is 0. The predicted molar refractivity (Wildman–Crippen MR) is 79.4 cm³/mol. The maximum atomic E-state index is 5.38. The highest BCUT2D eigenvalue weighted by Crippen LogP contribution is 2.35. The average molecular weight is 278 g/mol. The Labute approximate surface area is 117 Å². The lowest BCUT2D eigenvalue weighted by Crippen LogP contribution is -2.09. The Bertz CT molecular complexity index is 552. The summed E-state index contributed by atoms with van der Waals surface area (Å²) in [6.45, 7) is 4.18. The van der Waals surface area contributed by atoms with E-state index in [2.05, 4.69) is 24.1 Å². The highest BCUT2D eigenvalue weighted by atomic mass is 32.1. The fourth-order valence-electron chi connectivity index (χ4n) is 1.72. The summed E-state index contributed by atoms with van der Waals surface area (Å²) >= 11 is 1.59. The number of hydrogen-bond donors (Lipinski definition) is 1. The molecule has 1 heterocycles. The first-order chi connectivity index (χ1) is 9.13. The van der Waals surface area contributed by atoms with E-state index in [1.54, 1.807) is 25.6 Å². The molecule has 0 aliphatic rings. The van der Waals surface area contributed by atoms with Crippen molar-refractivity contribution in [1.29, 1.82) is 0 Å². The van der Waals surface area contributed by atoms with Gasteiger partial charge in [-0.3, -0.25) is 0 Å². The minimum Gasteiger partial charge on any atom is -0.497 e. The van der Waals surface area contributed by atoms with Crippen LogP contribution in [0.25, 0.3) is 11.3 Å². The summed E-state index contributed by atoms with van der Waals surface area (Å²) in [6, 6.07) is 6.07. The van der Waals surface area contributed by atoms with Crippen LogP contribution in [0.1, 0.15) is 13.8 Å². The summed E-state index contributed by atoms with van der Waals surface area (Å²) in [5.74, 6) is 1.59. The van der Waals surface area contributed by atoms with Gasteiger partial charge in [-0.05, 0) is 32.0 Å². The molecule has 0 amide bonds. The van der Waals surface area contributed by atoms with Gasteiger partial charge < -0.3 is 14.8 Å². The fourth-order valence-corrected chi connectivity index (χ4v) is 2.58. The molecule has 0 unspecified atom stereocenters. The Morgan fingerprint density at radius 1 is 1.21 bits per heavy atom. The van der Waals surface area contributed by atoms with E-state index >= 15 is 0 Å². The van der Waals surface area contributed by atoms with Gasteiger partial charge in [0.25, 0.3) is 0 Å². The van der Waals surface area contributed by atoms with Crippen molar-refractivity contribution in [3.63, 3.8) is 0 Å². The number of nitrogens with one attached hydrogen (secondary N) is 1. The van der Waals surface area contributed by atoms with Crippen molar-refractivity contribution in [3.05, 3.63) is 23.6 Å². The molecule has 0 spiro atoms. The number of thiazole rings is 1. The molecule has 2 aromatic rings. The van der Waals surface area contributed by atoms with Gasteiger partial charge in [0.15, 0.2) is 5.13 Å². The minimum atomic E-state index is 0.367. The number of hydrogen-bond acceptors (Lipinski definition) is 5. The highest BCUT2D eigenvalue weighted by Gasteiger charge is 2.11. The van der Waals surface area contributed by atoms with Gasteiger partial charge >= 0.3 is 0 Å². The first-order valence-electron chi connectivity index (χ1n) is 6.08. The first kappa shape index (κ1) is 13.7. The van der Waals surface area contributed by atoms with Crippen molar-refractivity contribution in [2.24, 2.45) is 0 Å². The van der Waals surface area contributed by atoms with Crippen molar-refractivity contribution in [2.45, 2.75) is 19.9 Å². The standard InChI is InChI=1S/C14H18N2O2S/c1-9(2)15-14-16-12(8-19-14)11-7-10(17-3)5-6-13(11)18-4/h5-9H,1-4H3,(H,15,16). The molecule has 0 saturated heterocycles. The quantitative estimate of drug-likeness (QED) is 0.906. The van der Waals surface area contributed by atoms with E-state index in [4.69, 9.17) is 9.47 Å². The molecule has 1 aromatic carbocycles. The average Bonchev–Trinajstić information content (AvgIpc) is 2.85. The van der Waals surface area contributed by atoms with Gasteiger partial charge in [0.2, 0.25) is 0 Å². The van der Waals surface area contributed by atoms with E-state index in [0.717, 1.165) is 27.9 Å². The summed E-state index contributed by atoms with van der Waals surface area (Å²) < 4.78 is 10.6. The lowest BCUT2D eigenvalue weighted by atomic mass is 10.1. The van der Waals surface area contributed by atoms with Crippen molar-refractivity contribution in [2.75, 3.05) is 19.5 Å². The van der Waals surface area contributed by atoms with Crippen LogP contribution in [0.4, 0.5) is 5.13 Å². The highest BCUT2D eigenvalue weighted by molar-refractivity contribution is 7.14. The second-order valence-electron chi connectivity index (χ2n) is 4.40. The predicted octanol–water partition coefficient (Wildman–Crippen LogP) is 3.65. The number of aromatic nitrogens is 1. The Hall–Kier alpha value is -1.75. The largest absolute Gasteiger partial charge is 0.497 e. The summed E-state index contributed by atoms with van der Waals surface area (Å²) in [5, 5.41) is 6.22. The smallest absolute Gasteiger partial charge is 0.183 e. The van der Waals surface area contributed by atoms with Gasteiger partial charge in [-0.15, -0.1) is 11.3 Å². The van der Waals surface area contributed by atoms with Crippen molar-refractivity contribution < 1.29 is 9.47 Å². The van der Waals surface area contributed by atoms with Gasteiger partial charge in [-0.25, -0.2) is 4.98 Å². The van der Waals surface area contributed by atoms with E-state index in [1.165, 1.54) is 0 Å². The zero-order valence-electron chi connectivity index (χ0n) is 11.6. The van der Waals surface area contributed by atoms with Crippen molar-refractivity contribution in [3.8, 4) is 22.8 Å². The Morgan fingerprint density at radius 3 is 2.63 bits per heavy atom. The zero-order valence-corrected chi connectivity index (χ0v) is 12.4. The first-order valence-corrected chi connectivity index (χ1v) is 6.96. The van der Waals surface area contributed by atoms with Crippen LogP contribution >= 0.6 is 11.3 Å². The molecule has 5 heteroatoms. The molecule has 2 rings (SSSR count). The van der Waals surface area contributed by atoms with Crippen LogP contribution in [0.5, 0.6) is 11.5 Å². The lowest BCUT2D eigenvalue weighted by molar-refractivity contribution is 0.404. The van der Waals surface area contributed by atoms with Gasteiger partial charge in [0.05, 0.1) is 19.9 Å². The number of methoxy groups -OCH3 is 2. The van der Waals surface area contributed by atoms with Gasteiger partial charge in [-0.2, -0.15) is 0 Å². The number of anilines is 1. The maximum Gasteiger partial charge on any atom is 0.183 e. The molecule has 0 saturated carbocycles. The Balaban J connectivity index is 2.36. The van der Waals surface area contributed by atoms with E-state index in [1.807, 2.05) is 23.6 Å². The number of nitrogens with zero attached hydrogens (tertiary/aromatic N) is 1. The molecule has 0 radical (unpaired) electrons. The molecule has 0 bridgehead atoms. The molecule has 19 heavy (non-hydrogen) atoms. The summed E-state index contributed by atoms with van der Waals surface area (Å²) in [7, 11) is 3.31. The van der Waals surface area contributed by atoms with Crippen LogP contribution in [0.15, 0.2) is 23.6 Å². The van der Waals surface area contributed by atoms with Crippen LogP contribution < -0.4 is 14.8 Å². The maximum absolute atomic E-state index is 5.38. The van der Waals surface area contributed by atoms with Crippen LogP contribution in [-0.2, 0) is 0 Å². The van der Waals surface area contributed by atoms with Crippen LogP contribution in [0.2, 0.25) is 0 Å². The summed E-state index contributed by atoms with van der Waals surface area (Å²) in [5.41, 5.74) is 1.83. The number of benzene rings is 1. The Kier molecular flexibility index (Phi) is 4.27. The topological polar surface area (TPSA) is 43.4 Å². The molecular formula is C14H18N2O2S. The Morgan fingerprint density at radius 2 is 2.00 bits per heavy atom. The third-order valence-corrected chi connectivity index (χ3v) is 3.37. The molecule has 102 valence electrons. The van der Waals surface area contributed by atoms with Crippen LogP contribution in [0, 0.1) is 0 Å². The number of ether oxygens (including phenoxy) is 2. The third kappa shape index (κ3) is 3.17. The normalized spacial score (nSPS) is 10.6. The monoisotopic (exact) mass is 278 g/mol. The lowest BCUT2D eigenvalue weighted by Gasteiger charge is -2.08. The van der Waals surface area contributed by atoms with Gasteiger partial charge in [0.1, 0.15) is 11.5 Å². The molecule has 0 aliphatic heterocycles.